The summed E-state index contributed by atoms with van der Waals surface area (Å²) in [5, 5.41) is 16.7. The van der Waals surface area contributed by atoms with Crippen LogP contribution in [0.1, 0.15) is 5.82 Å². The van der Waals surface area contributed by atoms with E-state index in [0.717, 1.165) is 38.2 Å². The topological polar surface area (TPSA) is 103 Å². The Labute approximate surface area is 185 Å². The van der Waals surface area contributed by atoms with Gasteiger partial charge in [0.05, 0.1) is 52.5 Å². The van der Waals surface area contributed by atoms with Crippen LogP contribution in [-0.4, -0.2) is 41.9 Å². The Balaban J connectivity index is 1.32. The number of nitrogens with one attached hydrogen (secondary N) is 1. The number of ether oxygens (including phenoxy) is 1. The molecule has 0 aliphatic rings. The minimum Gasteiger partial charge on any atom is -0.495 e. The summed E-state index contributed by atoms with van der Waals surface area (Å²) >= 11 is 1.62. The maximum absolute atomic E-state index is 5.24. The maximum atomic E-state index is 5.24. The van der Waals surface area contributed by atoms with E-state index in [1.807, 2.05) is 35.8 Å². The molecule has 0 bridgehead atoms. The molecule has 1 N–H and O–H groups in total. The summed E-state index contributed by atoms with van der Waals surface area (Å²) in [5.41, 5.74) is 7.68. The van der Waals surface area contributed by atoms with Crippen LogP contribution in [-0.2, 0) is 6.54 Å². The number of hydrogen-bond donors (Lipinski definition) is 1. The molecule has 6 rings (SSSR count). The van der Waals surface area contributed by atoms with Crippen LogP contribution in [0, 0.1) is 0 Å². The molecule has 1 aromatic carbocycles. The lowest BCUT2D eigenvalue weighted by atomic mass is 10.1. The normalized spacial score (nSPS) is 11.4. The highest BCUT2D eigenvalue weighted by Gasteiger charge is 2.11. The number of nitrogens with zero attached hydrogens (tertiary/aromatic N) is 7. The second-order valence-corrected chi connectivity index (χ2v) is 7.98. The van der Waals surface area contributed by atoms with Crippen molar-refractivity contribution in [1.82, 2.24) is 34.8 Å². The second-order valence-electron chi connectivity index (χ2n) is 7.09. The number of aromatic nitrogens is 7. The molecule has 0 saturated heterocycles. The smallest absolute Gasteiger partial charge is 0.178 e. The molecule has 6 aromatic rings. The predicted octanol–water partition coefficient (Wildman–Crippen LogP) is 3.96. The Kier molecular flexibility index (Phi) is 4.36. The molecule has 156 valence electrons. The van der Waals surface area contributed by atoms with Gasteiger partial charge in [-0.3, -0.25) is 4.98 Å². The Hall–Kier alpha value is -4.18. The lowest BCUT2D eigenvalue weighted by Crippen LogP contribution is -2.07. The van der Waals surface area contributed by atoms with Crippen LogP contribution >= 0.6 is 11.3 Å². The van der Waals surface area contributed by atoms with Crippen LogP contribution in [0.25, 0.3) is 38.2 Å². The number of anilines is 1. The SMILES string of the molecule is COc1cnc2c(NCc3nnc4ccc(-c5ccc6scnc6c5)nn34)ccnc2c1. The largest absolute Gasteiger partial charge is 0.495 e. The molecule has 0 amide bonds. The van der Waals surface area contributed by atoms with Crippen molar-refractivity contribution >= 4 is 43.9 Å². The van der Waals surface area contributed by atoms with Gasteiger partial charge in [-0.2, -0.15) is 9.61 Å². The number of rotatable bonds is 5. The van der Waals surface area contributed by atoms with Crippen LogP contribution in [0.15, 0.2) is 60.4 Å². The third-order valence-corrected chi connectivity index (χ3v) is 5.99. The number of pyridine rings is 2. The fraction of sp³-hybridized carbons (Fsp3) is 0.0909. The Bertz CT molecular complexity index is 1590. The van der Waals surface area contributed by atoms with Gasteiger partial charge in [0.2, 0.25) is 0 Å². The van der Waals surface area contributed by atoms with E-state index in [-0.39, 0.29) is 0 Å². The van der Waals surface area contributed by atoms with Gasteiger partial charge in [-0.15, -0.1) is 21.5 Å². The molecule has 0 aliphatic carbocycles. The molecule has 5 aromatic heterocycles. The molecular formula is C22H16N8OS. The van der Waals surface area contributed by atoms with Gasteiger partial charge in [-0.25, -0.2) is 9.97 Å². The Morgan fingerprint density at radius 1 is 1.00 bits per heavy atom. The summed E-state index contributed by atoms with van der Waals surface area (Å²) in [5.74, 6) is 1.35. The first-order valence-corrected chi connectivity index (χ1v) is 10.7. The summed E-state index contributed by atoms with van der Waals surface area (Å²) in [6.45, 7) is 0.426. The van der Waals surface area contributed by atoms with Crippen molar-refractivity contribution in [3.8, 4) is 17.0 Å². The van der Waals surface area contributed by atoms with Crippen molar-refractivity contribution in [2.24, 2.45) is 0 Å². The van der Waals surface area contributed by atoms with Crippen molar-refractivity contribution in [2.45, 2.75) is 6.54 Å². The van der Waals surface area contributed by atoms with E-state index < -0.39 is 0 Å². The monoisotopic (exact) mass is 440 g/mol. The quantitative estimate of drug-likeness (QED) is 0.430. The summed E-state index contributed by atoms with van der Waals surface area (Å²) in [7, 11) is 1.61. The van der Waals surface area contributed by atoms with Gasteiger partial charge >= 0.3 is 0 Å². The highest BCUT2D eigenvalue weighted by molar-refractivity contribution is 7.16. The first kappa shape index (κ1) is 18.6. The zero-order valence-electron chi connectivity index (χ0n) is 16.9. The van der Waals surface area contributed by atoms with Gasteiger partial charge < -0.3 is 10.1 Å². The lowest BCUT2D eigenvalue weighted by molar-refractivity contribution is 0.413. The van der Waals surface area contributed by atoms with Crippen molar-refractivity contribution in [3.05, 3.63) is 66.2 Å². The Morgan fingerprint density at radius 2 is 1.97 bits per heavy atom. The molecule has 10 heteroatoms. The van der Waals surface area contributed by atoms with E-state index >= 15 is 0 Å². The van der Waals surface area contributed by atoms with E-state index in [0.29, 0.717) is 23.8 Å². The minimum atomic E-state index is 0.426. The summed E-state index contributed by atoms with van der Waals surface area (Å²) in [6, 6.07) is 13.8. The predicted molar refractivity (Wildman–Crippen MR) is 123 cm³/mol. The molecule has 0 spiro atoms. The maximum Gasteiger partial charge on any atom is 0.178 e. The fourth-order valence-corrected chi connectivity index (χ4v) is 4.21. The third-order valence-electron chi connectivity index (χ3n) is 5.18. The van der Waals surface area contributed by atoms with Crippen molar-refractivity contribution < 1.29 is 4.74 Å². The zero-order valence-corrected chi connectivity index (χ0v) is 17.7. The minimum absolute atomic E-state index is 0.426. The molecule has 0 radical (unpaired) electrons. The summed E-state index contributed by atoms with van der Waals surface area (Å²) in [4.78, 5) is 13.3. The molecule has 0 aliphatic heterocycles. The van der Waals surface area contributed by atoms with Crippen LogP contribution in [0.5, 0.6) is 5.75 Å². The van der Waals surface area contributed by atoms with Gasteiger partial charge in [0.1, 0.15) is 11.3 Å². The molecular weight excluding hydrogens is 424 g/mol. The number of fused-ring (bicyclic) bond motifs is 3. The van der Waals surface area contributed by atoms with Gasteiger partial charge in [0.25, 0.3) is 0 Å². The summed E-state index contributed by atoms with van der Waals surface area (Å²) < 4.78 is 8.15. The average Bonchev–Trinajstić information content (AvgIpc) is 3.48. The van der Waals surface area contributed by atoms with Gasteiger partial charge in [-0.05, 0) is 30.3 Å². The van der Waals surface area contributed by atoms with Crippen molar-refractivity contribution in [1.29, 1.82) is 0 Å². The number of methoxy groups -OCH3 is 1. The summed E-state index contributed by atoms with van der Waals surface area (Å²) in [6.07, 6.45) is 3.41. The van der Waals surface area contributed by atoms with Gasteiger partial charge in [0.15, 0.2) is 11.5 Å². The van der Waals surface area contributed by atoms with Crippen LogP contribution in [0.4, 0.5) is 5.69 Å². The molecule has 0 fully saturated rings. The molecule has 32 heavy (non-hydrogen) atoms. The highest BCUT2D eigenvalue weighted by atomic mass is 32.1. The molecule has 0 unspecified atom stereocenters. The van der Waals surface area contributed by atoms with Crippen molar-refractivity contribution in [3.63, 3.8) is 0 Å². The first-order valence-electron chi connectivity index (χ1n) is 9.86. The van der Waals surface area contributed by atoms with Crippen LogP contribution in [0.3, 0.4) is 0 Å². The standard InChI is InChI=1S/C22H16N8OS/c1-31-14-9-18-22(25-10-14)16(6-7-23-18)24-11-21-28-27-20-5-3-15(29-30(20)21)13-2-4-19-17(8-13)26-12-32-19/h2-10,12H,11H2,1H3,(H,23,24). The third kappa shape index (κ3) is 3.17. The number of thiazole rings is 1. The van der Waals surface area contributed by atoms with Crippen molar-refractivity contribution in [2.75, 3.05) is 12.4 Å². The lowest BCUT2D eigenvalue weighted by Gasteiger charge is -2.09. The molecule has 0 saturated carbocycles. The van der Waals surface area contributed by atoms with Gasteiger partial charge in [-0.1, -0.05) is 6.07 Å². The van der Waals surface area contributed by atoms with Crippen LogP contribution < -0.4 is 10.1 Å². The van der Waals surface area contributed by atoms with E-state index in [1.165, 1.54) is 0 Å². The second kappa shape index (κ2) is 7.50. The van der Waals surface area contributed by atoms with E-state index in [1.54, 1.807) is 35.4 Å². The van der Waals surface area contributed by atoms with E-state index in [9.17, 15) is 0 Å². The van der Waals surface area contributed by atoms with Crippen LogP contribution in [0.2, 0.25) is 0 Å². The van der Waals surface area contributed by atoms with Gasteiger partial charge in [0, 0.05) is 17.8 Å². The van der Waals surface area contributed by atoms with E-state index in [4.69, 9.17) is 9.84 Å². The average molecular weight is 440 g/mol. The number of hydrogen-bond acceptors (Lipinski definition) is 9. The molecule has 9 nitrogen and oxygen atoms in total. The number of benzene rings is 1. The first-order chi connectivity index (χ1) is 15.8. The fourth-order valence-electron chi connectivity index (χ4n) is 3.55. The molecule has 0 atom stereocenters. The Morgan fingerprint density at radius 3 is 2.91 bits per heavy atom. The highest BCUT2D eigenvalue weighted by Crippen LogP contribution is 2.26. The van der Waals surface area contributed by atoms with E-state index in [2.05, 4.69) is 42.6 Å². The zero-order chi connectivity index (χ0) is 21.5. The molecule has 5 heterocycles.